The summed E-state index contributed by atoms with van der Waals surface area (Å²) < 4.78 is 27.3. The Morgan fingerprint density at radius 3 is 2.32 bits per heavy atom. The highest BCUT2D eigenvalue weighted by atomic mass is 19.1. The second kappa shape index (κ2) is 6.44. The molecule has 0 spiro atoms. The summed E-state index contributed by atoms with van der Waals surface area (Å²) >= 11 is 0. The second-order valence-corrected chi connectivity index (χ2v) is 5.52. The van der Waals surface area contributed by atoms with E-state index < -0.39 is 11.6 Å². The van der Waals surface area contributed by atoms with Gasteiger partial charge in [0.2, 0.25) is 0 Å². The lowest BCUT2D eigenvalue weighted by atomic mass is 9.87. The van der Waals surface area contributed by atoms with Gasteiger partial charge in [-0.05, 0) is 37.3 Å². The van der Waals surface area contributed by atoms with Crippen LogP contribution in [0.3, 0.4) is 0 Å². The Balaban J connectivity index is 2.27. The van der Waals surface area contributed by atoms with Crippen LogP contribution >= 0.6 is 0 Å². The summed E-state index contributed by atoms with van der Waals surface area (Å²) in [5.41, 5.74) is 3.70. The first-order chi connectivity index (χ1) is 9.13. The molecule has 4 heteroatoms. The third-order valence-corrected chi connectivity index (χ3v) is 4.16. The number of halogens is 2. The van der Waals surface area contributed by atoms with E-state index in [1.165, 1.54) is 12.8 Å². The van der Waals surface area contributed by atoms with Crippen LogP contribution in [0.25, 0.3) is 0 Å². The quantitative estimate of drug-likeness (QED) is 0.498. The van der Waals surface area contributed by atoms with E-state index in [2.05, 4.69) is 5.43 Å². The van der Waals surface area contributed by atoms with Gasteiger partial charge in [-0.1, -0.05) is 25.7 Å². The third-order valence-electron chi connectivity index (χ3n) is 4.16. The first-order valence-electron chi connectivity index (χ1n) is 7.05. The van der Waals surface area contributed by atoms with Gasteiger partial charge in [-0.15, -0.1) is 0 Å². The average molecular weight is 268 g/mol. The Labute approximate surface area is 113 Å². The maximum atomic E-state index is 14.0. The van der Waals surface area contributed by atoms with Crippen LogP contribution in [0, 0.1) is 24.5 Å². The van der Waals surface area contributed by atoms with Crippen LogP contribution in [0.2, 0.25) is 0 Å². The van der Waals surface area contributed by atoms with Gasteiger partial charge in [0, 0.05) is 11.6 Å². The van der Waals surface area contributed by atoms with Crippen LogP contribution in [-0.4, -0.2) is 0 Å². The Morgan fingerprint density at radius 1 is 1.11 bits per heavy atom. The summed E-state index contributed by atoms with van der Waals surface area (Å²) in [7, 11) is 0. The average Bonchev–Trinajstić information content (AvgIpc) is 2.65. The summed E-state index contributed by atoms with van der Waals surface area (Å²) in [6, 6.07) is 2.32. The molecule has 0 aliphatic heterocycles. The molecule has 0 bridgehead atoms. The molecule has 2 nitrogen and oxygen atoms in total. The molecule has 0 aromatic heterocycles. The highest BCUT2D eigenvalue weighted by Gasteiger charge is 2.26. The number of aryl methyl sites for hydroxylation is 1. The summed E-state index contributed by atoms with van der Waals surface area (Å²) in [6.45, 7) is 1.65. The van der Waals surface area contributed by atoms with Crippen molar-refractivity contribution in [1.29, 1.82) is 0 Å². The van der Waals surface area contributed by atoms with Gasteiger partial charge in [0.05, 0.1) is 6.04 Å². The molecule has 0 heterocycles. The van der Waals surface area contributed by atoms with Crippen molar-refractivity contribution in [1.82, 2.24) is 5.43 Å². The van der Waals surface area contributed by atoms with Gasteiger partial charge >= 0.3 is 0 Å². The molecular formula is C15H22F2N2. The first kappa shape index (κ1) is 14.4. The van der Waals surface area contributed by atoms with Crippen molar-refractivity contribution in [3.63, 3.8) is 0 Å². The molecule has 2 rings (SSSR count). The van der Waals surface area contributed by atoms with Gasteiger partial charge in [-0.2, -0.15) is 0 Å². The van der Waals surface area contributed by atoms with Crippen LogP contribution in [0.4, 0.5) is 8.78 Å². The zero-order chi connectivity index (χ0) is 13.8. The molecule has 106 valence electrons. The van der Waals surface area contributed by atoms with E-state index in [1.54, 1.807) is 13.0 Å². The maximum absolute atomic E-state index is 14.0. The SMILES string of the molecule is Cc1cc(C(NN)C2CCCCCC2)c(F)cc1F. The monoisotopic (exact) mass is 268 g/mol. The van der Waals surface area contributed by atoms with E-state index in [0.29, 0.717) is 17.0 Å². The highest BCUT2D eigenvalue weighted by molar-refractivity contribution is 5.28. The molecule has 0 amide bonds. The largest absolute Gasteiger partial charge is 0.271 e. The molecule has 1 unspecified atom stereocenters. The van der Waals surface area contributed by atoms with Crippen molar-refractivity contribution in [2.24, 2.45) is 11.8 Å². The zero-order valence-corrected chi connectivity index (χ0v) is 11.4. The lowest BCUT2D eigenvalue weighted by Crippen LogP contribution is -2.34. The Kier molecular flexibility index (Phi) is 4.88. The number of benzene rings is 1. The minimum absolute atomic E-state index is 0.225. The minimum atomic E-state index is -0.504. The lowest BCUT2D eigenvalue weighted by Gasteiger charge is -2.26. The van der Waals surface area contributed by atoms with E-state index >= 15 is 0 Å². The number of nitrogens with one attached hydrogen (secondary N) is 1. The first-order valence-corrected chi connectivity index (χ1v) is 7.05. The van der Waals surface area contributed by atoms with E-state index in [4.69, 9.17) is 5.84 Å². The smallest absolute Gasteiger partial charge is 0.130 e. The fourth-order valence-electron chi connectivity index (χ4n) is 3.04. The van der Waals surface area contributed by atoms with Crippen molar-refractivity contribution in [2.45, 2.75) is 51.5 Å². The van der Waals surface area contributed by atoms with Crippen LogP contribution in [0.1, 0.15) is 55.7 Å². The summed E-state index contributed by atoms with van der Waals surface area (Å²) in [6.07, 6.45) is 6.88. The van der Waals surface area contributed by atoms with E-state index in [9.17, 15) is 8.78 Å². The van der Waals surface area contributed by atoms with Crippen molar-refractivity contribution >= 4 is 0 Å². The summed E-state index contributed by atoms with van der Waals surface area (Å²) in [5, 5.41) is 0. The molecule has 1 atom stereocenters. The number of rotatable bonds is 3. The van der Waals surface area contributed by atoms with E-state index in [-0.39, 0.29) is 6.04 Å². The second-order valence-electron chi connectivity index (χ2n) is 5.52. The summed E-state index contributed by atoms with van der Waals surface area (Å²) in [4.78, 5) is 0. The fraction of sp³-hybridized carbons (Fsp3) is 0.600. The number of hydrogen-bond donors (Lipinski definition) is 2. The van der Waals surface area contributed by atoms with Crippen molar-refractivity contribution in [3.05, 3.63) is 34.9 Å². The molecule has 1 fully saturated rings. The Hall–Kier alpha value is -1.00. The Morgan fingerprint density at radius 2 is 1.74 bits per heavy atom. The van der Waals surface area contributed by atoms with E-state index in [0.717, 1.165) is 31.7 Å². The summed E-state index contributed by atoms with van der Waals surface area (Å²) in [5.74, 6) is 4.95. The normalized spacial score (nSPS) is 19.2. The van der Waals surface area contributed by atoms with Crippen molar-refractivity contribution < 1.29 is 8.78 Å². The molecule has 0 radical (unpaired) electrons. The molecule has 1 aliphatic carbocycles. The molecule has 1 saturated carbocycles. The predicted molar refractivity (Wildman–Crippen MR) is 72.4 cm³/mol. The third kappa shape index (κ3) is 3.31. The number of hydrazine groups is 1. The van der Waals surface area contributed by atoms with Gasteiger partial charge < -0.3 is 0 Å². The fourth-order valence-corrected chi connectivity index (χ4v) is 3.04. The Bertz CT molecular complexity index is 426. The molecule has 1 aromatic carbocycles. The van der Waals surface area contributed by atoms with Crippen LogP contribution in [0.5, 0.6) is 0 Å². The van der Waals surface area contributed by atoms with Gasteiger partial charge in [0.15, 0.2) is 0 Å². The topological polar surface area (TPSA) is 38.0 Å². The maximum Gasteiger partial charge on any atom is 0.130 e. The molecular weight excluding hydrogens is 246 g/mol. The van der Waals surface area contributed by atoms with Gasteiger partial charge in [0.1, 0.15) is 11.6 Å². The van der Waals surface area contributed by atoms with Crippen molar-refractivity contribution in [3.8, 4) is 0 Å². The van der Waals surface area contributed by atoms with Gasteiger partial charge in [-0.3, -0.25) is 11.3 Å². The highest BCUT2D eigenvalue weighted by Crippen LogP contribution is 2.34. The molecule has 1 aliphatic rings. The number of nitrogens with two attached hydrogens (primary N) is 1. The molecule has 19 heavy (non-hydrogen) atoms. The predicted octanol–water partition coefficient (Wildman–Crippen LogP) is 3.75. The van der Waals surface area contributed by atoms with Crippen LogP contribution in [0.15, 0.2) is 12.1 Å². The minimum Gasteiger partial charge on any atom is -0.271 e. The standard InChI is InChI=1S/C15H22F2N2/c1-10-8-12(14(17)9-13(10)16)15(19-18)11-6-4-2-3-5-7-11/h8-9,11,15,19H,2-7,18H2,1H3. The van der Waals surface area contributed by atoms with Crippen molar-refractivity contribution in [2.75, 3.05) is 0 Å². The molecule has 3 N–H and O–H groups in total. The zero-order valence-electron chi connectivity index (χ0n) is 11.4. The van der Waals surface area contributed by atoms with Crippen LogP contribution < -0.4 is 11.3 Å². The van der Waals surface area contributed by atoms with Gasteiger partial charge in [0.25, 0.3) is 0 Å². The van der Waals surface area contributed by atoms with E-state index in [1.807, 2.05) is 0 Å². The molecule has 1 aromatic rings. The molecule has 0 saturated heterocycles. The number of hydrogen-bond acceptors (Lipinski definition) is 2. The van der Waals surface area contributed by atoms with Crippen LogP contribution in [-0.2, 0) is 0 Å². The lowest BCUT2D eigenvalue weighted by molar-refractivity contribution is 0.320. The van der Waals surface area contributed by atoms with Gasteiger partial charge in [-0.25, -0.2) is 8.78 Å².